The van der Waals surface area contributed by atoms with E-state index in [1.807, 2.05) is 37.4 Å². The Bertz CT molecular complexity index is 942. The lowest BCUT2D eigenvalue weighted by atomic mass is 10.1. The van der Waals surface area contributed by atoms with Crippen LogP contribution in [0.2, 0.25) is 10.0 Å². The van der Waals surface area contributed by atoms with Gasteiger partial charge in [0.15, 0.2) is 18.3 Å². The molecule has 0 amide bonds. The molecule has 4 rings (SSSR count). The van der Waals surface area contributed by atoms with Gasteiger partial charge in [0.2, 0.25) is 0 Å². The van der Waals surface area contributed by atoms with Crippen molar-refractivity contribution in [1.82, 2.24) is 4.57 Å². The molecule has 0 bridgehead atoms. The van der Waals surface area contributed by atoms with Crippen LogP contribution in [0.25, 0.3) is 10.9 Å². The Balaban J connectivity index is 1.96. The highest BCUT2D eigenvalue weighted by Gasteiger charge is 2.56. The Morgan fingerprint density at radius 3 is 2.46 bits per heavy atom. The van der Waals surface area contributed by atoms with E-state index in [1.165, 1.54) is 0 Å². The molecular weight excluding hydrogens is 407 g/mol. The van der Waals surface area contributed by atoms with Gasteiger partial charge in [-0.1, -0.05) is 23.2 Å². The van der Waals surface area contributed by atoms with Gasteiger partial charge in [-0.2, -0.15) is 0 Å². The number of nitrogens with zero attached hydrogens (tertiary/aromatic N) is 2. The highest BCUT2D eigenvalue weighted by Crippen LogP contribution is 2.47. The maximum atomic E-state index is 12.0. The van der Waals surface area contributed by atoms with Crippen molar-refractivity contribution in [3.05, 3.63) is 27.7 Å². The second-order valence-corrected chi connectivity index (χ2v) is 8.53. The molecule has 2 unspecified atom stereocenters. The average Bonchev–Trinajstić information content (AvgIpc) is 3.21. The minimum absolute atomic E-state index is 0.208. The number of halogens is 2. The third-order valence-corrected chi connectivity index (χ3v) is 5.88. The fourth-order valence-electron chi connectivity index (χ4n) is 4.16. The summed E-state index contributed by atoms with van der Waals surface area (Å²) in [4.78, 5) is 13.8. The number of carbonyl (C=O) groups is 1. The number of aromatic nitrogens is 1. The summed E-state index contributed by atoms with van der Waals surface area (Å²) in [6.07, 6.45) is -1.26. The molecule has 0 aliphatic carbocycles. The molecule has 152 valence electrons. The van der Waals surface area contributed by atoms with Gasteiger partial charge in [-0.25, -0.2) is 0 Å². The summed E-state index contributed by atoms with van der Waals surface area (Å²) in [6, 6.07) is 3.39. The Labute approximate surface area is 172 Å². The van der Waals surface area contributed by atoms with E-state index in [0.717, 1.165) is 6.29 Å². The van der Waals surface area contributed by atoms with E-state index in [-0.39, 0.29) is 6.61 Å². The van der Waals surface area contributed by atoms with Gasteiger partial charge in [0.05, 0.1) is 27.7 Å². The van der Waals surface area contributed by atoms with Gasteiger partial charge in [-0.3, -0.25) is 9.36 Å². The first-order valence-corrected chi connectivity index (χ1v) is 9.71. The van der Waals surface area contributed by atoms with Crippen LogP contribution in [0.5, 0.6) is 0 Å². The zero-order chi connectivity index (χ0) is 20.4. The quantitative estimate of drug-likeness (QED) is 0.753. The first kappa shape index (κ1) is 19.9. The fourth-order valence-corrected chi connectivity index (χ4v) is 4.48. The van der Waals surface area contributed by atoms with E-state index in [4.69, 9.17) is 37.4 Å². The van der Waals surface area contributed by atoms with Gasteiger partial charge in [-0.15, -0.1) is 0 Å². The monoisotopic (exact) mass is 428 g/mol. The number of carbonyl (C=O) groups excluding carboxylic acids is 1. The van der Waals surface area contributed by atoms with E-state index >= 15 is 0 Å². The Kier molecular flexibility index (Phi) is 4.89. The van der Waals surface area contributed by atoms with Crippen molar-refractivity contribution < 1.29 is 24.1 Å². The van der Waals surface area contributed by atoms with Gasteiger partial charge in [0.1, 0.15) is 24.1 Å². The lowest BCUT2D eigenvalue weighted by Gasteiger charge is -2.27. The molecule has 0 saturated carbocycles. The van der Waals surface area contributed by atoms with Crippen LogP contribution in [0.4, 0.5) is 5.82 Å². The van der Waals surface area contributed by atoms with Gasteiger partial charge < -0.3 is 24.2 Å². The van der Waals surface area contributed by atoms with Crippen molar-refractivity contribution in [2.75, 3.05) is 25.6 Å². The zero-order valence-electron chi connectivity index (χ0n) is 16.0. The first-order chi connectivity index (χ1) is 13.2. The fraction of sp³-hybridized carbons (Fsp3) is 0.526. The standard InChI is InChI=1S/C19H22Cl2N2O5/c1-19(2)27-15-14(8-25)26-18(16(15)28-19)23-13-6-12(21)11(20)5-9(13)10(7-24)17(23)22(3)4/h5-7,14-16,18,25H,8H2,1-4H3/t14-,15?,16?,18-/m1/s1. The van der Waals surface area contributed by atoms with E-state index in [1.54, 1.807) is 12.1 Å². The van der Waals surface area contributed by atoms with Crippen LogP contribution in [-0.4, -0.2) is 60.8 Å². The maximum Gasteiger partial charge on any atom is 0.165 e. The molecule has 3 heterocycles. The maximum absolute atomic E-state index is 12.0. The molecule has 2 aliphatic rings. The summed E-state index contributed by atoms with van der Waals surface area (Å²) in [5.41, 5.74) is 1.17. The van der Waals surface area contributed by atoms with Gasteiger partial charge in [0, 0.05) is 19.5 Å². The van der Waals surface area contributed by atoms with Crippen LogP contribution in [0.1, 0.15) is 30.4 Å². The Morgan fingerprint density at radius 1 is 1.21 bits per heavy atom. The van der Waals surface area contributed by atoms with Gasteiger partial charge in [0.25, 0.3) is 0 Å². The summed E-state index contributed by atoms with van der Waals surface area (Å²) >= 11 is 12.5. The van der Waals surface area contributed by atoms with Gasteiger partial charge in [-0.05, 0) is 26.0 Å². The molecule has 2 aliphatic heterocycles. The molecule has 2 saturated heterocycles. The highest BCUT2D eigenvalue weighted by molar-refractivity contribution is 6.43. The molecular formula is C19H22Cl2N2O5. The van der Waals surface area contributed by atoms with Crippen LogP contribution >= 0.6 is 23.2 Å². The third kappa shape index (κ3) is 2.93. The number of rotatable bonds is 4. The number of aliphatic hydroxyl groups is 1. The smallest absolute Gasteiger partial charge is 0.165 e. The molecule has 1 aromatic carbocycles. The van der Waals surface area contributed by atoms with E-state index < -0.39 is 30.3 Å². The molecule has 0 spiro atoms. The van der Waals surface area contributed by atoms with Crippen molar-refractivity contribution in [3.8, 4) is 0 Å². The molecule has 0 radical (unpaired) electrons. The summed E-state index contributed by atoms with van der Waals surface area (Å²) in [5, 5.41) is 11.2. The van der Waals surface area contributed by atoms with E-state index in [9.17, 15) is 9.90 Å². The van der Waals surface area contributed by atoms with Crippen LogP contribution < -0.4 is 4.90 Å². The van der Waals surface area contributed by atoms with Crippen molar-refractivity contribution in [2.24, 2.45) is 0 Å². The summed E-state index contributed by atoms with van der Waals surface area (Å²) in [5.74, 6) is -0.167. The second-order valence-electron chi connectivity index (χ2n) is 7.72. The number of aldehydes is 1. The number of anilines is 1. The molecule has 7 nitrogen and oxygen atoms in total. The largest absolute Gasteiger partial charge is 0.394 e. The van der Waals surface area contributed by atoms with E-state index in [0.29, 0.717) is 32.3 Å². The number of hydrogen-bond donors (Lipinski definition) is 1. The third-order valence-electron chi connectivity index (χ3n) is 5.16. The zero-order valence-corrected chi connectivity index (χ0v) is 17.5. The Hall–Kier alpha value is -1.35. The first-order valence-electron chi connectivity index (χ1n) is 8.96. The Morgan fingerprint density at radius 2 is 1.86 bits per heavy atom. The SMILES string of the molecule is CN(C)c1c(C=O)c2cc(Cl)c(Cl)cc2n1[C@@H]1O[C@H](CO)C2OC(C)(C)OC21. The highest BCUT2D eigenvalue weighted by atomic mass is 35.5. The minimum atomic E-state index is -0.805. The number of hydrogen-bond acceptors (Lipinski definition) is 6. The normalized spacial score (nSPS) is 28.7. The average molecular weight is 429 g/mol. The van der Waals surface area contributed by atoms with Crippen molar-refractivity contribution in [3.63, 3.8) is 0 Å². The summed E-state index contributed by atoms with van der Waals surface area (Å²) in [6.45, 7) is 3.44. The predicted molar refractivity (Wildman–Crippen MR) is 106 cm³/mol. The molecule has 1 N–H and O–H groups in total. The number of benzene rings is 1. The summed E-state index contributed by atoms with van der Waals surface area (Å²) in [7, 11) is 3.68. The van der Waals surface area contributed by atoms with Crippen LogP contribution in [0, 0.1) is 0 Å². The molecule has 2 fully saturated rings. The van der Waals surface area contributed by atoms with Crippen molar-refractivity contribution in [2.45, 2.75) is 44.2 Å². The molecule has 4 atom stereocenters. The number of ether oxygens (including phenoxy) is 3. The van der Waals surface area contributed by atoms with Crippen molar-refractivity contribution in [1.29, 1.82) is 0 Å². The number of fused-ring (bicyclic) bond motifs is 2. The topological polar surface area (TPSA) is 73.2 Å². The van der Waals surface area contributed by atoms with Crippen LogP contribution in [-0.2, 0) is 14.2 Å². The predicted octanol–water partition coefficient (Wildman–Crippen LogP) is 3.24. The minimum Gasteiger partial charge on any atom is -0.394 e. The second kappa shape index (κ2) is 6.86. The van der Waals surface area contributed by atoms with E-state index in [2.05, 4.69) is 0 Å². The molecule has 28 heavy (non-hydrogen) atoms. The van der Waals surface area contributed by atoms with Crippen molar-refractivity contribution >= 4 is 46.2 Å². The number of aliphatic hydroxyl groups excluding tert-OH is 1. The van der Waals surface area contributed by atoms with Gasteiger partial charge >= 0.3 is 0 Å². The van der Waals surface area contributed by atoms with Crippen LogP contribution in [0.15, 0.2) is 12.1 Å². The molecule has 9 heteroatoms. The lowest BCUT2D eigenvalue weighted by molar-refractivity contribution is -0.199. The lowest BCUT2D eigenvalue weighted by Crippen LogP contribution is -2.31. The molecule has 2 aromatic rings. The van der Waals surface area contributed by atoms with Crippen LogP contribution in [0.3, 0.4) is 0 Å². The molecule has 1 aromatic heterocycles. The summed E-state index contributed by atoms with van der Waals surface area (Å²) < 4.78 is 20.1.